The van der Waals surface area contributed by atoms with E-state index in [1.807, 2.05) is 0 Å². The normalized spacial score (nSPS) is 24.3. The first kappa shape index (κ1) is 12.3. The molecule has 17 heavy (non-hydrogen) atoms. The summed E-state index contributed by atoms with van der Waals surface area (Å²) < 4.78 is 0. The number of hydrogen-bond acceptors (Lipinski definition) is 3. The van der Waals surface area contributed by atoms with Crippen molar-refractivity contribution in [1.82, 2.24) is 15.5 Å². The second kappa shape index (κ2) is 5.44. The molecule has 0 saturated heterocycles. The molecule has 1 amide bonds. The van der Waals surface area contributed by atoms with Crippen LogP contribution in [0, 0.1) is 0 Å². The molecule has 2 N–H and O–H groups in total. The number of nitrogens with one attached hydrogen (secondary N) is 2. The van der Waals surface area contributed by atoms with Crippen LogP contribution in [0.15, 0.2) is 16.9 Å². The lowest BCUT2D eigenvalue weighted by Gasteiger charge is -2.27. The highest BCUT2D eigenvalue weighted by Gasteiger charge is 2.24. The Morgan fingerprint density at radius 2 is 2.18 bits per heavy atom. The average molecular weight is 300 g/mol. The molecule has 0 aliphatic heterocycles. The molecular weight excluding hydrogens is 286 g/mol. The fraction of sp³-hybridized carbons (Fsp3) is 0.545. The van der Waals surface area contributed by atoms with Crippen LogP contribution in [0.5, 0.6) is 0 Å². The summed E-state index contributed by atoms with van der Waals surface area (Å²) in [5.41, 5.74) is -0.0625. The third-order valence-corrected chi connectivity index (χ3v) is 4.01. The topological polar surface area (TPSA) is 74.8 Å². The van der Waals surface area contributed by atoms with Gasteiger partial charge in [0.25, 0.3) is 11.5 Å². The van der Waals surface area contributed by atoms with E-state index in [1.54, 1.807) is 0 Å². The number of hydrogen-bond donors (Lipinski definition) is 2. The van der Waals surface area contributed by atoms with Gasteiger partial charge in [0.2, 0.25) is 0 Å². The molecule has 2 unspecified atom stereocenters. The first-order valence-corrected chi connectivity index (χ1v) is 6.59. The van der Waals surface area contributed by atoms with Gasteiger partial charge in [-0.2, -0.15) is 5.10 Å². The lowest BCUT2D eigenvalue weighted by Crippen LogP contribution is -2.43. The second-order valence-corrected chi connectivity index (χ2v) is 5.36. The van der Waals surface area contributed by atoms with Crippen molar-refractivity contribution in [2.75, 3.05) is 0 Å². The molecule has 1 aromatic heterocycles. The van der Waals surface area contributed by atoms with E-state index in [2.05, 4.69) is 31.4 Å². The van der Waals surface area contributed by atoms with Crippen molar-refractivity contribution in [2.45, 2.75) is 36.6 Å². The third kappa shape index (κ3) is 3.15. The van der Waals surface area contributed by atoms with E-state index in [4.69, 9.17) is 0 Å². The third-order valence-electron chi connectivity index (χ3n) is 2.91. The van der Waals surface area contributed by atoms with Crippen molar-refractivity contribution in [3.8, 4) is 0 Å². The highest BCUT2D eigenvalue weighted by Crippen LogP contribution is 2.24. The van der Waals surface area contributed by atoms with Crippen molar-refractivity contribution in [3.63, 3.8) is 0 Å². The summed E-state index contributed by atoms with van der Waals surface area (Å²) in [5, 5.41) is 8.89. The quantitative estimate of drug-likeness (QED) is 0.806. The van der Waals surface area contributed by atoms with Crippen LogP contribution in [-0.2, 0) is 0 Å². The first-order chi connectivity index (χ1) is 8.16. The van der Waals surface area contributed by atoms with E-state index >= 15 is 0 Å². The van der Waals surface area contributed by atoms with E-state index in [0.717, 1.165) is 19.3 Å². The highest BCUT2D eigenvalue weighted by atomic mass is 79.9. The van der Waals surface area contributed by atoms with Crippen molar-refractivity contribution < 1.29 is 4.79 Å². The van der Waals surface area contributed by atoms with Gasteiger partial charge in [0.05, 0.1) is 0 Å². The van der Waals surface area contributed by atoms with Gasteiger partial charge < -0.3 is 5.32 Å². The van der Waals surface area contributed by atoms with Gasteiger partial charge in [-0.25, -0.2) is 5.10 Å². The number of H-pyrrole nitrogens is 1. The van der Waals surface area contributed by atoms with Gasteiger partial charge in [-0.15, -0.1) is 0 Å². The Kier molecular flexibility index (Phi) is 3.93. The number of rotatable bonds is 2. The predicted molar refractivity (Wildman–Crippen MR) is 67.3 cm³/mol. The van der Waals surface area contributed by atoms with Gasteiger partial charge in [0.1, 0.15) is 5.69 Å². The Balaban J connectivity index is 2.01. The molecular formula is C11H14BrN3O2. The van der Waals surface area contributed by atoms with Gasteiger partial charge >= 0.3 is 0 Å². The van der Waals surface area contributed by atoms with Gasteiger partial charge in [0, 0.05) is 16.9 Å². The van der Waals surface area contributed by atoms with Gasteiger partial charge in [0.15, 0.2) is 0 Å². The van der Waals surface area contributed by atoms with E-state index in [-0.39, 0.29) is 23.2 Å². The van der Waals surface area contributed by atoms with E-state index in [0.29, 0.717) is 4.83 Å². The summed E-state index contributed by atoms with van der Waals surface area (Å²) in [6.45, 7) is 0. The van der Waals surface area contributed by atoms with Crippen LogP contribution in [0.4, 0.5) is 0 Å². The summed E-state index contributed by atoms with van der Waals surface area (Å²) in [6, 6.07) is 2.87. The minimum absolute atomic E-state index is 0.143. The Morgan fingerprint density at radius 3 is 2.82 bits per heavy atom. The minimum Gasteiger partial charge on any atom is -0.347 e. The van der Waals surface area contributed by atoms with Crippen LogP contribution >= 0.6 is 15.9 Å². The van der Waals surface area contributed by atoms with Crippen LogP contribution in [0.25, 0.3) is 0 Å². The van der Waals surface area contributed by atoms with Crippen LogP contribution < -0.4 is 10.9 Å². The van der Waals surface area contributed by atoms with E-state index < -0.39 is 0 Å². The molecule has 2 atom stereocenters. The number of amides is 1. The molecule has 92 valence electrons. The molecule has 6 heteroatoms. The Hall–Kier alpha value is -1.17. The van der Waals surface area contributed by atoms with Crippen LogP contribution in [0.3, 0.4) is 0 Å². The van der Waals surface area contributed by atoms with E-state index in [9.17, 15) is 9.59 Å². The summed E-state index contributed by atoms with van der Waals surface area (Å²) in [6.07, 6.45) is 4.38. The highest BCUT2D eigenvalue weighted by molar-refractivity contribution is 9.09. The SMILES string of the molecule is O=C(NC1CCCCC1Br)c1ccc(=O)[nH]n1. The fourth-order valence-corrected chi connectivity index (χ4v) is 2.68. The van der Waals surface area contributed by atoms with Gasteiger partial charge in [-0.1, -0.05) is 28.8 Å². The van der Waals surface area contributed by atoms with Crippen LogP contribution in [0.2, 0.25) is 0 Å². The zero-order valence-electron chi connectivity index (χ0n) is 9.28. The Bertz CT molecular complexity index is 440. The van der Waals surface area contributed by atoms with Crippen molar-refractivity contribution >= 4 is 21.8 Å². The standard InChI is InChI=1S/C11H14BrN3O2/c12-7-3-1-2-4-8(7)13-11(17)9-5-6-10(16)15-14-9/h5-8H,1-4H2,(H,13,17)(H,15,16). The molecule has 0 bridgehead atoms. The number of halogens is 1. The maximum absolute atomic E-state index is 11.9. The summed E-state index contributed by atoms with van der Waals surface area (Å²) in [5.74, 6) is -0.238. The van der Waals surface area contributed by atoms with Gasteiger partial charge in [-0.3, -0.25) is 9.59 Å². The van der Waals surface area contributed by atoms with Crippen molar-refractivity contribution in [3.05, 3.63) is 28.2 Å². The Labute approximate surface area is 107 Å². The molecule has 5 nitrogen and oxygen atoms in total. The molecule has 1 saturated carbocycles. The number of aromatic amines is 1. The van der Waals surface area contributed by atoms with E-state index in [1.165, 1.54) is 18.6 Å². The number of carbonyl (C=O) groups is 1. The lowest BCUT2D eigenvalue weighted by molar-refractivity contribution is 0.0923. The van der Waals surface area contributed by atoms with Gasteiger partial charge in [-0.05, 0) is 18.9 Å². The monoisotopic (exact) mass is 299 g/mol. The minimum atomic E-state index is -0.308. The molecule has 1 aliphatic rings. The largest absolute Gasteiger partial charge is 0.347 e. The van der Waals surface area contributed by atoms with Crippen molar-refractivity contribution in [1.29, 1.82) is 0 Å². The number of nitrogens with zero attached hydrogens (tertiary/aromatic N) is 1. The summed E-state index contributed by atoms with van der Waals surface area (Å²) in [4.78, 5) is 23.0. The molecule has 0 radical (unpaired) electrons. The van der Waals surface area contributed by atoms with Crippen molar-refractivity contribution in [2.24, 2.45) is 0 Å². The molecule has 1 aromatic rings. The number of aromatic nitrogens is 2. The zero-order chi connectivity index (χ0) is 12.3. The lowest BCUT2D eigenvalue weighted by atomic mass is 9.95. The predicted octanol–water partition coefficient (Wildman–Crippen LogP) is 1.21. The molecule has 1 aliphatic carbocycles. The summed E-state index contributed by atoms with van der Waals surface area (Å²) >= 11 is 3.57. The molecule has 2 rings (SSSR count). The van der Waals surface area contributed by atoms with Crippen LogP contribution in [-0.4, -0.2) is 27.0 Å². The maximum atomic E-state index is 11.9. The first-order valence-electron chi connectivity index (χ1n) is 5.67. The smallest absolute Gasteiger partial charge is 0.271 e. The number of carbonyl (C=O) groups excluding carboxylic acids is 1. The fourth-order valence-electron chi connectivity index (χ4n) is 1.96. The van der Waals surface area contributed by atoms with Crippen LogP contribution in [0.1, 0.15) is 36.2 Å². The summed E-state index contributed by atoms with van der Waals surface area (Å²) in [7, 11) is 0. The zero-order valence-corrected chi connectivity index (χ0v) is 10.9. The number of alkyl halides is 1. The molecule has 1 fully saturated rings. The maximum Gasteiger partial charge on any atom is 0.271 e. The Morgan fingerprint density at radius 1 is 1.41 bits per heavy atom. The second-order valence-electron chi connectivity index (χ2n) is 4.19. The molecule has 0 spiro atoms. The molecule has 0 aromatic carbocycles. The average Bonchev–Trinajstić information content (AvgIpc) is 2.33. The molecule has 1 heterocycles.